The highest BCUT2D eigenvalue weighted by Gasteiger charge is 2.17. The number of fused-ring (bicyclic) bond motifs is 2. The van der Waals surface area contributed by atoms with Crippen LogP contribution in [0.4, 0.5) is 0 Å². The van der Waals surface area contributed by atoms with E-state index in [9.17, 15) is 9.59 Å². The first kappa shape index (κ1) is 19.8. The van der Waals surface area contributed by atoms with Gasteiger partial charge in [0.2, 0.25) is 0 Å². The van der Waals surface area contributed by atoms with E-state index in [1.54, 1.807) is 13.0 Å². The standard InChI is InChI=1S/C24H24N2O4/c1-14-12-22(27)30-23-15(2)21(9-8-18(14)23)29-16(3)24(28)25-11-10-17-13-26-20-7-5-4-6-19(17)20/h4-9,12-13,16,26H,10-11H2,1-3H3,(H,25,28)/t16-/m1/s1. The summed E-state index contributed by atoms with van der Waals surface area (Å²) in [4.78, 5) is 27.5. The average Bonchev–Trinajstić information content (AvgIpc) is 3.13. The molecule has 0 unspecified atom stereocenters. The van der Waals surface area contributed by atoms with Gasteiger partial charge in [0.25, 0.3) is 5.91 Å². The lowest BCUT2D eigenvalue weighted by Crippen LogP contribution is -2.37. The lowest BCUT2D eigenvalue weighted by atomic mass is 10.1. The summed E-state index contributed by atoms with van der Waals surface area (Å²) in [5.41, 5.74) is 3.89. The van der Waals surface area contributed by atoms with Gasteiger partial charge in [0.15, 0.2) is 6.10 Å². The van der Waals surface area contributed by atoms with Crippen LogP contribution in [0.25, 0.3) is 21.9 Å². The van der Waals surface area contributed by atoms with E-state index in [0.29, 0.717) is 23.4 Å². The van der Waals surface area contributed by atoms with Gasteiger partial charge in [-0.25, -0.2) is 4.79 Å². The second-order valence-electron chi connectivity index (χ2n) is 7.47. The fourth-order valence-electron chi connectivity index (χ4n) is 3.67. The summed E-state index contributed by atoms with van der Waals surface area (Å²) in [6, 6.07) is 13.2. The second-order valence-corrected chi connectivity index (χ2v) is 7.47. The smallest absolute Gasteiger partial charge is 0.336 e. The Labute approximate surface area is 173 Å². The zero-order chi connectivity index (χ0) is 21.3. The summed E-state index contributed by atoms with van der Waals surface area (Å²) >= 11 is 0. The quantitative estimate of drug-likeness (QED) is 0.476. The number of hydrogen-bond donors (Lipinski definition) is 2. The number of carbonyl (C=O) groups is 1. The summed E-state index contributed by atoms with van der Waals surface area (Å²) in [5.74, 6) is 0.329. The molecule has 0 aliphatic heterocycles. The molecule has 6 heteroatoms. The van der Waals surface area contributed by atoms with Crippen molar-refractivity contribution in [1.29, 1.82) is 0 Å². The van der Waals surface area contributed by atoms with Crippen molar-refractivity contribution < 1.29 is 13.9 Å². The molecular formula is C24H24N2O4. The highest BCUT2D eigenvalue weighted by molar-refractivity contribution is 5.86. The number of ether oxygens (including phenoxy) is 1. The molecule has 154 valence electrons. The highest BCUT2D eigenvalue weighted by Crippen LogP contribution is 2.28. The molecular weight excluding hydrogens is 380 g/mol. The molecule has 2 aromatic carbocycles. The molecule has 0 aliphatic carbocycles. The largest absolute Gasteiger partial charge is 0.480 e. The van der Waals surface area contributed by atoms with Crippen LogP contribution in [0, 0.1) is 13.8 Å². The van der Waals surface area contributed by atoms with Crippen LogP contribution in [0.15, 0.2) is 57.9 Å². The van der Waals surface area contributed by atoms with E-state index >= 15 is 0 Å². The summed E-state index contributed by atoms with van der Waals surface area (Å²) < 4.78 is 11.2. The molecule has 4 aromatic rings. The van der Waals surface area contributed by atoms with Gasteiger partial charge < -0.3 is 19.5 Å². The van der Waals surface area contributed by atoms with E-state index in [0.717, 1.165) is 28.5 Å². The van der Waals surface area contributed by atoms with Crippen LogP contribution in [0.1, 0.15) is 23.6 Å². The average molecular weight is 404 g/mol. The first-order valence-electron chi connectivity index (χ1n) is 9.97. The van der Waals surface area contributed by atoms with Gasteiger partial charge in [-0.05, 0) is 56.5 Å². The zero-order valence-electron chi connectivity index (χ0n) is 17.2. The molecule has 4 rings (SSSR count). The topological polar surface area (TPSA) is 84.3 Å². The first-order valence-corrected chi connectivity index (χ1v) is 9.97. The van der Waals surface area contributed by atoms with Crippen molar-refractivity contribution in [3.05, 3.63) is 75.8 Å². The van der Waals surface area contributed by atoms with Crippen LogP contribution < -0.4 is 15.7 Å². The van der Waals surface area contributed by atoms with Crippen LogP contribution in [-0.2, 0) is 11.2 Å². The van der Waals surface area contributed by atoms with Crippen molar-refractivity contribution >= 4 is 27.8 Å². The van der Waals surface area contributed by atoms with Gasteiger partial charge in [0.05, 0.1) is 0 Å². The van der Waals surface area contributed by atoms with Crippen molar-refractivity contribution in [3.8, 4) is 5.75 Å². The SMILES string of the molecule is Cc1cc(=O)oc2c(C)c(O[C@H](C)C(=O)NCCc3c[nH]c4ccccc34)ccc12. The molecule has 2 aromatic heterocycles. The monoisotopic (exact) mass is 404 g/mol. The number of amides is 1. The molecule has 0 saturated carbocycles. The van der Waals surface area contributed by atoms with E-state index in [-0.39, 0.29) is 5.91 Å². The molecule has 1 amide bonds. The molecule has 0 radical (unpaired) electrons. The van der Waals surface area contributed by atoms with E-state index in [1.165, 1.54) is 11.5 Å². The van der Waals surface area contributed by atoms with Crippen molar-refractivity contribution in [1.82, 2.24) is 10.3 Å². The van der Waals surface area contributed by atoms with Crippen molar-refractivity contribution in [2.45, 2.75) is 33.3 Å². The number of aromatic nitrogens is 1. The molecule has 0 fully saturated rings. The molecule has 2 heterocycles. The van der Waals surface area contributed by atoms with Gasteiger partial charge >= 0.3 is 5.63 Å². The van der Waals surface area contributed by atoms with E-state index < -0.39 is 11.7 Å². The Hall–Kier alpha value is -3.54. The number of rotatable bonds is 6. The Morgan fingerprint density at radius 3 is 2.80 bits per heavy atom. The normalized spacial score (nSPS) is 12.2. The lowest BCUT2D eigenvalue weighted by molar-refractivity contribution is -0.127. The predicted octanol–water partition coefficient (Wildman–Crippen LogP) is 4.02. The number of benzene rings is 2. The summed E-state index contributed by atoms with van der Waals surface area (Å²) in [6.07, 6.45) is 2.02. The molecule has 0 aliphatic rings. The van der Waals surface area contributed by atoms with Gasteiger partial charge in [0, 0.05) is 40.7 Å². The predicted molar refractivity (Wildman–Crippen MR) is 117 cm³/mol. The van der Waals surface area contributed by atoms with Crippen LogP contribution in [0.3, 0.4) is 0 Å². The fourth-order valence-corrected chi connectivity index (χ4v) is 3.67. The third-order valence-corrected chi connectivity index (χ3v) is 5.36. The molecule has 0 spiro atoms. The third-order valence-electron chi connectivity index (χ3n) is 5.36. The van der Waals surface area contributed by atoms with Crippen molar-refractivity contribution in [2.75, 3.05) is 6.54 Å². The van der Waals surface area contributed by atoms with Crippen molar-refractivity contribution in [2.24, 2.45) is 0 Å². The van der Waals surface area contributed by atoms with Crippen LogP contribution >= 0.6 is 0 Å². The van der Waals surface area contributed by atoms with Gasteiger partial charge in [-0.15, -0.1) is 0 Å². The Morgan fingerprint density at radius 1 is 1.17 bits per heavy atom. The molecule has 30 heavy (non-hydrogen) atoms. The van der Waals surface area contributed by atoms with Crippen LogP contribution in [0.2, 0.25) is 0 Å². The Bertz CT molecular complexity index is 1290. The lowest BCUT2D eigenvalue weighted by Gasteiger charge is -2.17. The number of hydrogen-bond acceptors (Lipinski definition) is 4. The maximum absolute atomic E-state index is 12.5. The maximum atomic E-state index is 12.5. The maximum Gasteiger partial charge on any atom is 0.336 e. The summed E-state index contributed by atoms with van der Waals surface area (Å²) in [6.45, 7) is 5.90. The Balaban J connectivity index is 1.41. The van der Waals surface area contributed by atoms with Gasteiger partial charge in [-0.2, -0.15) is 0 Å². The van der Waals surface area contributed by atoms with Crippen LogP contribution in [-0.4, -0.2) is 23.5 Å². The van der Waals surface area contributed by atoms with Crippen molar-refractivity contribution in [3.63, 3.8) is 0 Å². The fraction of sp³-hybridized carbons (Fsp3) is 0.250. The second kappa shape index (κ2) is 8.06. The molecule has 0 bridgehead atoms. The minimum Gasteiger partial charge on any atom is -0.480 e. The molecule has 1 atom stereocenters. The minimum absolute atomic E-state index is 0.194. The molecule has 0 saturated heterocycles. The summed E-state index contributed by atoms with van der Waals surface area (Å²) in [7, 11) is 0. The zero-order valence-corrected chi connectivity index (χ0v) is 17.2. The highest BCUT2D eigenvalue weighted by atomic mass is 16.5. The molecule has 2 N–H and O–H groups in total. The molecule has 6 nitrogen and oxygen atoms in total. The van der Waals surface area contributed by atoms with Gasteiger partial charge in [0.1, 0.15) is 11.3 Å². The number of carbonyl (C=O) groups excluding carboxylic acids is 1. The first-order chi connectivity index (χ1) is 14.4. The number of nitrogens with one attached hydrogen (secondary N) is 2. The third kappa shape index (κ3) is 3.81. The van der Waals surface area contributed by atoms with Crippen LogP contribution in [0.5, 0.6) is 5.75 Å². The van der Waals surface area contributed by atoms with Gasteiger partial charge in [-0.3, -0.25) is 4.79 Å². The van der Waals surface area contributed by atoms with E-state index in [4.69, 9.17) is 9.15 Å². The number of para-hydroxylation sites is 1. The Morgan fingerprint density at radius 2 is 1.97 bits per heavy atom. The number of aromatic amines is 1. The van der Waals surface area contributed by atoms with E-state index in [2.05, 4.69) is 16.4 Å². The number of H-pyrrole nitrogens is 1. The van der Waals surface area contributed by atoms with Gasteiger partial charge in [-0.1, -0.05) is 18.2 Å². The Kier molecular flexibility index (Phi) is 5.31. The van der Waals surface area contributed by atoms with E-state index in [1.807, 2.05) is 44.3 Å². The summed E-state index contributed by atoms with van der Waals surface area (Å²) in [5, 5.41) is 4.95. The number of aryl methyl sites for hydroxylation is 2. The minimum atomic E-state index is -0.680.